The lowest BCUT2D eigenvalue weighted by atomic mass is 9.90. The van der Waals surface area contributed by atoms with Gasteiger partial charge < -0.3 is 14.7 Å². The molecule has 1 atom stereocenters. The van der Waals surface area contributed by atoms with Crippen LogP contribution in [0.5, 0.6) is 5.75 Å². The molecule has 2 aliphatic rings. The first-order valence-corrected chi connectivity index (χ1v) is 9.28. The van der Waals surface area contributed by atoms with E-state index in [1.807, 2.05) is 18.2 Å². The molecule has 1 saturated heterocycles. The predicted molar refractivity (Wildman–Crippen MR) is 97.8 cm³/mol. The average molecular weight is 346 g/mol. The Morgan fingerprint density at radius 3 is 2.60 bits per heavy atom. The number of nitrogens with zero attached hydrogens (tertiary/aromatic N) is 2. The summed E-state index contributed by atoms with van der Waals surface area (Å²) >= 11 is 0. The molecule has 138 valence electrons. The second-order valence-electron chi connectivity index (χ2n) is 7.75. The summed E-state index contributed by atoms with van der Waals surface area (Å²) in [5.41, 5.74) is 1.35. The topological polar surface area (TPSA) is 53.0 Å². The summed E-state index contributed by atoms with van der Waals surface area (Å²) in [6.07, 6.45) is 3.64. The van der Waals surface area contributed by atoms with Gasteiger partial charge in [-0.2, -0.15) is 0 Å². The van der Waals surface area contributed by atoms with Crippen molar-refractivity contribution in [3.63, 3.8) is 0 Å². The van der Waals surface area contributed by atoms with Crippen molar-refractivity contribution >= 4 is 5.91 Å². The smallest absolute Gasteiger partial charge is 0.219 e. The molecule has 1 aliphatic heterocycles. The van der Waals surface area contributed by atoms with Crippen LogP contribution in [0.15, 0.2) is 18.2 Å². The van der Waals surface area contributed by atoms with Crippen molar-refractivity contribution in [2.75, 3.05) is 32.8 Å². The molecular formula is C20H30N2O3. The lowest BCUT2D eigenvalue weighted by Gasteiger charge is -2.40. The summed E-state index contributed by atoms with van der Waals surface area (Å²) in [6.45, 7) is 8.29. The van der Waals surface area contributed by atoms with E-state index >= 15 is 0 Å². The summed E-state index contributed by atoms with van der Waals surface area (Å²) in [7, 11) is 0. The lowest BCUT2D eigenvalue weighted by molar-refractivity contribution is -0.132. The van der Waals surface area contributed by atoms with E-state index in [0.29, 0.717) is 25.7 Å². The summed E-state index contributed by atoms with van der Waals surface area (Å²) < 4.78 is 5.93. The third-order valence-electron chi connectivity index (χ3n) is 5.66. The van der Waals surface area contributed by atoms with Gasteiger partial charge in [-0.3, -0.25) is 9.69 Å². The molecule has 5 nitrogen and oxygen atoms in total. The molecule has 3 rings (SSSR count). The number of rotatable bonds is 4. The molecule has 2 fully saturated rings. The van der Waals surface area contributed by atoms with E-state index in [9.17, 15) is 9.90 Å². The van der Waals surface area contributed by atoms with Crippen LogP contribution in [0.2, 0.25) is 0 Å². The zero-order chi connectivity index (χ0) is 18.0. The molecule has 1 heterocycles. The molecule has 0 bridgehead atoms. The largest absolute Gasteiger partial charge is 0.490 e. The van der Waals surface area contributed by atoms with Gasteiger partial charge in [-0.25, -0.2) is 0 Å². The minimum Gasteiger partial charge on any atom is -0.490 e. The summed E-state index contributed by atoms with van der Waals surface area (Å²) in [5, 5.41) is 11.2. The Hall–Kier alpha value is -1.59. The molecule has 1 amide bonds. The highest BCUT2D eigenvalue weighted by atomic mass is 16.5. The van der Waals surface area contributed by atoms with E-state index in [-0.39, 0.29) is 12.5 Å². The number of benzene rings is 1. The van der Waals surface area contributed by atoms with Crippen LogP contribution < -0.4 is 4.74 Å². The predicted octanol–water partition coefficient (Wildman–Crippen LogP) is 2.13. The van der Waals surface area contributed by atoms with Gasteiger partial charge in [0.05, 0.1) is 6.54 Å². The number of amides is 1. The maximum Gasteiger partial charge on any atom is 0.219 e. The molecule has 0 unspecified atom stereocenters. The highest BCUT2D eigenvalue weighted by Gasteiger charge is 2.39. The maximum absolute atomic E-state index is 11.9. The van der Waals surface area contributed by atoms with E-state index in [4.69, 9.17) is 4.74 Å². The molecule has 0 radical (unpaired) electrons. The van der Waals surface area contributed by atoms with Gasteiger partial charge in [0, 0.05) is 32.6 Å². The number of β-amino-alcohol motifs (C(OH)–C–C–N with tert-alkyl or cyclic N) is 1. The normalized spacial score (nSPS) is 25.4. The van der Waals surface area contributed by atoms with Gasteiger partial charge in [-0.15, -0.1) is 0 Å². The first kappa shape index (κ1) is 18.2. The molecule has 0 aromatic heterocycles. The zero-order valence-electron chi connectivity index (χ0n) is 15.6. The van der Waals surface area contributed by atoms with Gasteiger partial charge in [0.2, 0.25) is 5.91 Å². The molecular weight excluding hydrogens is 316 g/mol. The SMILES string of the molecule is CC(=O)N1CCN(C2CCC2)C[C@](O)(COc2ccc(C)c(C)c2)C1. The van der Waals surface area contributed by atoms with Crippen LogP contribution in [-0.4, -0.2) is 65.2 Å². The monoisotopic (exact) mass is 346 g/mol. The van der Waals surface area contributed by atoms with Gasteiger partial charge >= 0.3 is 0 Å². The number of carbonyl (C=O) groups is 1. The first-order chi connectivity index (χ1) is 11.9. The Bertz CT molecular complexity index is 629. The number of hydrogen-bond acceptors (Lipinski definition) is 4. The van der Waals surface area contributed by atoms with Crippen LogP contribution in [0.4, 0.5) is 0 Å². The van der Waals surface area contributed by atoms with Crippen molar-refractivity contribution in [3.8, 4) is 5.75 Å². The second-order valence-corrected chi connectivity index (χ2v) is 7.75. The van der Waals surface area contributed by atoms with E-state index in [0.717, 1.165) is 12.3 Å². The number of carbonyl (C=O) groups excluding carboxylic acids is 1. The van der Waals surface area contributed by atoms with Crippen molar-refractivity contribution < 1.29 is 14.6 Å². The second kappa shape index (κ2) is 7.34. The molecule has 1 aromatic rings. The lowest BCUT2D eigenvalue weighted by Crippen LogP contribution is -2.54. The molecule has 25 heavy (non-hydrogen) atoms. The van der Waals surface area contributed by atoms with Crippen molar-refractivity contribution in [1.82, 2.24) is 9.80 Å². The van der Waals surface area contributed by atoms with Crippen molar-refractivity contribution in [1.29, 1.82) is 0 Å². The number of aryl methyl sites for hydroxylation is 2. The van der Waals surface area contributed by atoms with Gasteiger partial charge in [0.15, 0.2) is 0 Å². The standard InChI is InChI=1S/C20H30N2O3/c1-15-7-8-19(11-16(15)2)25-14-20(24)12-21(17(3)23)9-10-22(13-20)18-5-4-6-18/h7-8,11,18,24H,4-6,9-10,12-14H2,1-3H3/t20-/m0/s1. The van der Waals surface area contributed by atoms with E-state index in [1.165, 1.54) is 30.4 Å². The molecule has 1 aliphatic carbocycles. The Balaban J connectivity index is 1.71. The summed E-state index contributed by atoms with van der Waals surface area (Å²) in [4.78, 5) is 16.0. The van der Waals surface area contributed by atoms with Crippen LogP contribution >= 0.6 is 0 Å². The number of aliphatic hydroxyl groups is 1. The van der Waals surface area contributed by atoms with Crippen LogP contribution in [-0.2, 0) is 4.79 Å². The third-order valence-corrected chi connectivity index (χ3v) is 5.66. The van der Waals surface area contributed by atoms with Gasteiger partial charge in [0.1, 0.15) is 18.0 Å². The highest BCUT2D eigenvalue weighted by Crippen LogP contribution is 2.28. The minimum absolute atomic E-state index is 0.0139. The first-order valence-electron chi connectivity index (χ1n) is 9.28. The molecule has 1 N–H and O–H groups in total. The Kier molecular flexibility index (Phi) is 5.35. The third kappa shape index (κ3) is 4.33. The van der Waals surface area contributed by atoms with E-state index < -0.39 is 5.60 Å². The van der Waals surface area contributed by atoms with Crippen LogP contribution in [0.3, 0.4) is 0 Å². The van der Waals surface area contributed by atoms with E-state index in [2.05, 4.69) is 18.7 Å². The minimum atomic E-state index is -1.05. The molecule has 0 spiro atoms. The quantitative estimate of drug-likeness (QED) is 0.907. The average Bonchev–Trinajstić information content (AvgIpc) is 2.67. The fourth-order valence-electron chi connectivity index (χ4n) is 3.64. The fraction of sp³-hybridized carbons (Fsp3) is 0.650. The Morgan fingerprint density at radius 2 is 2.00 bits per heavy atom. The summed E-state index contributed by atoms with van der Waals surface area (Å²) in [5.74, 6) is 0.783. The van der Waals surface area contributed by atoms with Crippen molar-refractivity contribution in [2.45, 2.75) is 51.7 Å². The zero-order valence-corrected chi connectivity index (χ0v) is 15.6. The molecule has 5 heteroatoms. The van der Waals surface area contributed by atoms with Gasteiger partial charge in [0.25, 0.3) is 0 Å². The van der Waals surface area contributed by atoms with Crippen LogP contribution in [0, 0.1) is 13.8 Å². The number of ether oxygens (including phenoxy) is 1. The molecule has 1 aromatic carbocycles. The van der Waals surface area contributed by atoms with Gasteiger partial charge in [-0.05, 0) is 49.9 Å². The van der Waals surface area contributed by atoms with Crippen LogP contribution in [0.1, 0.15) is 37.3 Å². The van der Waals surface area contributed by atoms with Gasteiger partial charge in [-0.1, -0.05) is 12.5 Å². The summed E-state index contributed by atoms with van der Waals surface area (Å²) in [6, 6.07) is 6.51. The Morgan fingerprint density at radius 1 is 1.24 bits per heavy atom. The van der Waals surface area contributed by atoms with Crippen molar-refractivity contribution in [3.05, 3.63) is 29.3 Å². The number of hydrogen-bond donors (Lipinski definition) is 1. The Labute approximate surface area is 150 Å². The van der Waals surface area contributed by atoms with E-state index in [1.54, 1.807) is 11.8 Å². The molecule has 1 saturated carbocycles. The highest BCUT2D eigenvalue weighted by molar-refractivity contribution is 5.73. The maximum atomic E-state index is 11.9. The van der Waals surface area contributed by atoms with Crippen LogP contribution in [0.25, 0.3) is 0 Å². The van der Waals surface area contributed by atoms with Crippen molar-refractivity contribution in [2.24, 2.45) is 0 Å². The fourth-order valence-corrected chi connectivity index (χ4v) is 3.64.